The number of hydrogen-bond acceptors (Lipinski definition) is 4. The van der Waals surface area contributed by atoms with E-state index in [0.29, 0.717) is 23.5 Å². The van der Waals surface area contributed by atoms with Crippen molar-refractivity contribution >= 4 is 23.6 Å². The first kappa shape index (κ1) is 17.7. The predicted molar refractivity (Wildman–Crippen MR) is 96.8 cm³/mol. The molecule has 142 valence electrons. The van der Waals surface area contributed by atoms with Crippen molar-refractivity contribution in [3.63, 3.8) is 0 Å². The molecule has 2 atom stereocenters. The van der Waals surface area contributed by atoms with Crippen molar-refractivity contribution in [1.82, 2.24) is 15.5 Å². The Morgan fingerprint density at radius 2 is 2.00 bits per heavy atom. The highest BCUT2D eigenvalue weighted by Gasteiger charge is 2.39. The van der Waals surface area contributed by atoms with Gasteiger partial charge in [-0.3, -0.25) is 24.5 Å². The topological polar surface area (TPSA) is 95.6 Å². The molecule has 7 nitrogen and oxygen atoms in total. The highest BCUT2D eigenvalue weighted by atomic mass is 16.2. The van der Waals surface area contributed by atoms with E-state index in [2.05, 4.69) is 10.6 Å². The molecule has 2 aliphatic heterocycles. The van der Waals surface area contributed by atoms with Crippen LogP contribution in [0.2, 0.25) is 0 Å². The van der Waals surface area contributed by atoms with Gasteiger partial charge in [-0.2, -0.15) is 0 Å². The summed E-state index contributed by atoms with van der Waals surface area (Å²) in [5.41, 5.74) is 1.79. The Labute approximate surface area is 157 Å². The molecule has 2 fully saturated rings. The van der Waals surface area contributed by atoms with E-state index in [-0.39, 0.29) is 36.7 Å². The van der Waals surface area contributed by atoms with Crippen molar-refractivity contribution < 1.29 is 19.2 Å². The second-order valence-corrected chi connectivity index (χ2v) is 7.73. The molecule has 0 bridgehead atoms. The van der Waals surface area contributed by atoms with Crippen molar-refractivity contribution in [2.24, 2.45) is 5.92 Å². The lowest BCUT2D eigenvalue weighted by molar-refractivity contribution is -0.136. The average Bonchev–Trinajstić information content (AvgIpc) is 2.89. The molecule has 0 radical (unpaired) electrons. The number of fused-ring (bicyclic) bond motifs is 1. The quantitative estimate of drug-likeness (QED) is 0.784. The number of hydrogen-bond donors (Lipinski definition) is 2. The monoisotopic (exact) mass is 369 g/mol. The Morgan fingerprint density at radius 3 is 2.67 bits per heavy atom. The highest BCUT2D eigenvalue weighted by Crippen LogP contribution is 2.30. The lowest BCUT2D eigenvalue weighted by Crippen LogP contribution is -2.52. The summed E-state index contributed by atoms with van der Waals surface area (Å²) in [6.45, 7) is 2.31. The maximum absolute atomic E-state index is 12.7. The minimum Gasteiger partial charge on any atom is -0.349 e. The summed E-state index contributed by atoms with van der Waals surface area (Å²) in [7, 11) is 0. The van der Waals surface area contributed by atoms with Crippen LogP contribution in [0.15, 0.2) is 18.2 Å². The molecule has 1 saturated carbocycles. The molecule has 4 rings (SSSR count). The summed E-state index contributed by atoms with van der Waals surface area (Å²) in [6.07, 6.45) is 4.09. The van der Waals surface area contributed by atoms with Gasteiger partial charge < -0.3 is 10.2 Å². The third-order valence-electron chi connectivity index (χ3n) is 6.00. The number of carbonyl (C=O) groups excluding carboxylic acids is 4. The number of nitrogens with zero attached hydrogens (tertiary/aromatic N) is 1. The normalized spacial score (nSPS) is 23.5. The van der Waals surface area contributed by atoms with E-state index in [1.807, 2.05) is 6.92 Å². The fourth-order valence-electron chi connectivity index (χ4n) is 4.06. The minimum absolute atomic E-state index is 0.135. The molecule has 2 unspecified atom stereocenters. The lowest BCUT2D eigenvalue weighted by Gasteiger charge is -2.31. The van der Waals surface area contributed by atoms with Crippen LogP contribution >= 0.6 is 0 Å². The van der Waals surface area contributed by atoms with E-state index in [0.717, 1.165) is 18.4 Å². The molecule has 2 N–H and O–H groups in total. The van der Waals surface area contributed by atoms with Gasteiger partial charge in [-0.05, 0) is 55.9 Å². The predicted octanol–water partition coefficient (Wildman–Crippen LogP) is 1.37. The van der Waals surface area contributed by atoms with Gasteiger partial charge in [0.1, 0.15) is 6.04 Å². The van der Waals surface area contributed by atoms with E-state index < -0.39 is 11.9 Å². The highest BCUT2D eigenvalue weighted by molar-refractivity contribution is 6.06. The third-order valence-corrected chi connectivity index (χ3v) is 6.00. The Hall–Kier alpha value is -2.70. The van der Waals surface area contributed by atoms with Gasteiger partial charge in [0.25, 0.3) is 11.8 Å². The van der Waals surface area contributed by atoms with Crippen LogP contribution < -0.4 is 10.6 Å². The number of amides is 4. The van der Waals surface area contributed by atoms with Gasteiger partial charge in [0, 0.05) is 30.1 Å². The van der Waals surface area contributed by atoms with Gasteiger partial charge in [-0.1, -0.05) is 6.42 Å². The fourth-order valence-corrected chi connectivity index (χ4v) is 4.06. The first-order chi connectivity index (χ1) is 12.9. The Balaban J connectivity index is 1.48. The van der Waals surface area contributed by atoms with E-state index in [1.165, 1.54) is 11.3 Å². The molecule has 2 heterocycles. The third kappa shape index (κ3) is 3.22. The SMILES string of the molecule is CC(NC(=O)c1ccc2c(c1)CN(C1CCC(=O)NC1=O)C2=O)C1CCC1. The lowest BCUT2D eigenvalue weighted by atomic mass is 9.80. The molecule has 1 aliphatic carbocycles. The van der Waals surface area contributed by atoms with E-state index >= 15 is 0 Å². The van der Waals surface area contributed by atoms with Crippen LogP contribution in [-0.4, -0.2) is 40.6 Å². The van der Waals surface area contributed by atoms with Gasteiger partial charge in [0.05, 0.1) is 0 Å². The van der Waals surface area contributed by atoms with Crippen LogP contribution in [0.1, 0.15) is 65.3 Å². The van der Waals surface area contributed by atoms with E-state index in [4.69, 9.17) is 0 Å². The van der Waals surface area contributed by atoms with Crippen LogP contribution in [-0.2, 0) is 16.1 Å². The Morgan fingerprint density at radius 1 is 1.22 bits per heavy atom. The smallest absolute Gasteiger partial charge is 0.255 e. The van der Waals surface area contributed by atoms with Gasteiger partial charge in [-0.15, -0.1) is 0 Å². The zero-order valence-corrected chi connectivity index (χ0v) is 15.3. The van der Waals surface area contributed by atoms with Gasteiger partial charge in [0.2, 0.25) is 11.8 Å². The molecule has 1 aromatic rings. The van der Waals surface area contributed by atoms with Crippen molar-refractivity contribution in [1.29, 1.82) is 0 Å². The van der Waals surface area contributed by atoms with E-state index in [1.54, 1.807) is 18.2 Å². The zero-order valence-electron chi connectivity index (χ0n) is 15.3. The second kappa shape index (κ2) is 6.79. The first-order valence-corrected chi connectivity index (χ1v) is 9.52. The van der Waals surface area contributed by atoms with Crippen LogP contribution in [0, 0.1) is 5.92 Å². The summed E-state index contributed by atoms with van der Waals surface area (Å²) in [5.74, 6) is -0.550. The molecule has 3 aliphatic rings. The summed E-state index contributed by atoms with van der Waals surface area (Å²) in [6, 6.07) is 4.56. The van der Waals surface area contributed by atoms with Crippen LogP contribution in [0.25, 0.3) is 0 Å². The molecule has 0 aromatic heterocycles. The van der Waals surface area contributed by atoms with Crippen LogP contribution in [0.3, 0.4) is 0 Å². The van der Waals surface area contributed by atoms with Gasteiger partial charge in [-0.25, -0.2) is 0 Å². The molecule has 0 spiro atoms. The molecule has 7 heteroatoms. The van der Waals surface area contributed by atoms with Gasteiger partial charge >= 0.3 is 0 Å². The number of nitrogens with one attached hydrogen (secondary N) is 2. The Bertz CT molecular complexity index is 831. The summed E-state index contributed by atoms with van der Waals surface area (Å²) >= 11 is 0. The van der Waals surface area contributed by atoms with Crippen molar-refractivity contribution in [2.75, 3.05) is 0 Å². The maximum atomic E-state index is 12.7. The standard InChI is InChI=1S/C20H23N3O4/c1-11(12-3-2-4-12)21-18(25)13-5-6-15-14(9-13)10-23(20(15)27)16-7-8-17(24)22-19(16)26/h5-6,9,11-12,16H,2-4,7-8,10H2,1H3,(H,21,25)(H,22,24,26). The minimum atomic E-state index is -0.640. The maximum Gasteiger partial charge on any atom is 0.255 e. The number of rotatable bonds is 4. The second-order valence-electron chi connectivity index (χ2n) is 7.73. The van der Waals surface area contributed by atoms with Crippen LogP contribution in [0.5, 0.6) is 0 Å². The summed E-state index contributed by atoms with van der Waals surface area (Å²) in [4.78, 5) is 50.1. The number of benzene rings is 1. The van der Waals surface area contributed by atoms with Crippen LogP contribution in [0.4, 0.5) is 0 Å². The van der Waals surface area contributed by atoms with Crippen molar-refractivity contribution in [2.45, 2.75) is 57.7 Å². The molecule has 4 amide bonds. The average molecular weight is 369 g/mol. The number of piperidine rings is 1. The summed E-state index contributed by atoms with van der Waals surface area (Å²) in [5, 5.41) is 5.34. The van der Waals surface area contributed by atoms with Crippen molar-refractivity contribution in [3.05, 3.63) is 34.9 Å². The summed E-state index contributed by atoms with van der Waals surface area (Å²) < 4.78 is 0. The van der Waals surface area contributed by atoms with Gasteiger partial charge in [0.15, 0.2) is 0 Å². The van der Waals surface area contributed by atoms with Crippen molar-refractivity contribution in [3.8, 4) is 0 Å². The first-order valence-electron chi connectivity index (χ1n) is 9.52. The number of imide groups is 1. The molecular formula is C20H23N3O4. The fraction of sp³-hybridized carbons (Fsp3) is 0.500. The zero-order chi connectivity index (χ0) is 19.1. The number of carbonyl (C=O) groups is 4. The molecular weight excluding hydrogens is 346 g/mol. The molecule has 1 saturated heterocycles. The molecule has 27 heavy (non-hydrogen) atoms. The molecule has 1 aromatic carbocycles. The Kier molecular flexibility index (Phi) is 4.45. The largest absolute Gasteiger partial charge is 0.349 e. The van der Waals surface area contributed by atoms with E-state index in [9.17, 15) is 19.2 Å².